The lowest BCUT2D eigenvalue weighted by atomic mass is 9.92. The van der Waals surface area contributed by atoms with E-state index < -0.39 is 0 Å². The summed E-state index contributed by atoms with van der Waals surface area (Å²) in [5.41, 5.74) is 1.25. The molecule has 1 aliphatic heterocycles. The fraction of sp³-hybridized carbons (Fsp3) is 0.750. The van der Waals surface area contributed by atoms with Gasteiger partial charge in [0, 0.05) is 39.4 Å². The normalized spacial score (nSPS) is 22.4. The number of hydrogen-bond acceptors (Lipinski definition) is 2. The minimum atomic E-state index is 0. The van der Waals surface area contributed by atoms with Gasteiger partial charge >= 0.3 is 0 Å². The standard InChI is InChI=1S/C16H29N5.HI/c1-5-17-16(21-10-13(2)8-14(3)11-21)18-7-6-15-9-19-20(4)12-15;/h9,12-14H,5-8,10-11H2,1-4H3,(H,17,18);1H. The maximum Gasteiger partial charge on any atom is 0.193 e. The summed E-state index contributed by atoms with van der Waals surface area (Å²) < 4.78 is 1.85. The van der Waals surface area contributed by atoms with Gasteiger partial charge in [0.2, 0.25) is 0 Å². The van der Waals surface area contributed by atoms with E-state index in [9.17, 15) is 0 Å². The molecule has 1 saturated heterocycles. The van der Waals surface area contributed by atoms with Gasteiger partial charge in [-0.05, 0) is 37.2 Å². The minimum Gasteiger partial charge on any atom is -0.357 e. The number of aryl methyl sites for hydroxylation is 1. The summed E-state index contributed by atoms with van der Waals surface area (Å²) in [5, 5.41) is 7.64. The van der Waals surface area contributed by atoms with Crippen molar-refractivity contribution in [1.29, 1.82) is 0 Å². The molecule has 0 spiro atoms. The highest BCUT2D eigenvalue weighted by Gasteiger charge is 2.23. The van der Waals surface area contributed by atoms with Gasteiger partial charge in [0.05, 0.1) is 6.20 Å². The monoisotopic (exact) mass is 419 g/mol. The molecule has 0 saturated carbocycles. The van der Waals surface area contributed by atoms with Gasteiger partial charge in [0.15, 0.2) is 5.96 Å². The summed E-state index contributed by atoms with van der Waals surface area (Å²) in [7, 11) is 1.95. The van der Waals surface area contributed by atoms with Crippen molar-refractivity contribution >= 4 is 29.9 Å². The Morgan fingerprint density at radius 1 is 1.36 bits per heavy atom. The van der Waals surface area contributed by atoms with Crippen LogP contribution in [-0.4, -0.2) is 46.8 Å². The Morgan fingerprint density at radius 3 is 2.59 bits per heavy atom. The van der Waals surface area contributed by atoms with Gasteiger partial charge in [-0.15, -0.1) is 24.0 Å². The van der Waals surface area contributed by atoms with Crippen molar-refractivity contribution < 1.29 is 0 Å². The minimum absolute atomic E-state index is 0. The zero-order valence-corrected chi connectivity index (χ0v) is 16.6. The van der Waals surface area contributed by atoms with E-state index in [1.54, 1.807) is 0 Å². The highest BCUT2D eigenvalue weighted by atomic mass is 127. The Balaban J connectivity index is 0.00000242. The number of hydrogen-bond donors (Lipinski definition) is 1. The molecule has 1 aliphatic rings. The smallest absolute Gasteiger partial charge is 0.193 e. The molecule has 1 aromatic rings. The van der Waals surface area contributed by atoms with Crippen molar-refractivity contribution in [3.8, 4) is 0 Å². The van der Waals surface area contributed by atoms with Gasteiger partial charge in [-0.1, -0.05) is 13.8 Å². The van der Waals surface area contributed by atoms with Gasteiger partial charge in [0.1, 0.15) is 0 Å². The quantitative estimate of drug-likeness (QED) is 0.464. The number of nitrogens with one attached hydrogen (secondary N) is 1. The molecule has 1 N–H and O–H groups in total. The first kappa shape index (κ1) is 19.3. The van der Waals surface area contributed by atoms with E-state index in [1.165, 1.54) is 12.0 Å². The first-order valence-corrected chi connectivity index (χ1v) is 8.09. The zero-order valence-electron chi connectivity index (χ0n) is 14.2. The van der Waals surface area contributed by atoms with Crippen LogP contribution in [0.5, 0.6) is 0 Å². The first-order chi connectivity index (χ1) is 10.1. The van der Waals surface area contributed by atoms with Crippen LogP contribution < -0.4 is 5.32 Å². The molecule has 2 rings (SSSR count). The fourth-order valence-electron chi connectivity index (χ4n) is 3.15. The molecule has 0 aliphatic carbocycles. The Kier molecular flexibility index (Phi) is 8.20. The van der Waals surface area contributed by atoms with Crippen molar-refractivity contribution in [2.45, 2.75) is 33.6 Å². The molecule has 1 fully saturated rings. The van der Waals surface area contributed by atoms with Crippen LogP contribution in [0.4, 0.5) is 0 Å². The van der Waals surface area contributed by atoms with Gasteiger partial charge < -0.3 is 10.2 Å². The van der Waals surface area contributed by atoms with E-state index in [0.717, 1.165) is 50.4 Å². The van der Waals surface area contributed by atoms with E-state index in [1.807, 2.05) is 17.9 Å². The van der Waals surface area contributed by atoms with E-state index in [0.29, 0.717) is 0 Å². The van der Waals surface area contributed by atoms with E-state index >= 15 is 0 Å². The molecule has 0 amide bonds. The lowest BCUT2D eigenvalue weighted by molar-refractivity contribution is 0.208. The summed E-state index contributed by atoms with van der Waals surface area (Å²) in [6.45, 7) is 10.8. The molecule has 126 valence electrons. The SMILES string of the molecule is CCNC(=NCCc1cnn(C)c1)N1CC(C)CC(C)C1.I. The number of piperidine rings is 1. The van der Waals surface area contributed by atoms with Crippen LogP contribution in [-0.2, 0) is 13.5 Å². The number of likely N-dealkylation sites (tertiary alicyclic amines) is 1. The number of aromatic nitrogens is 2. The predicted molar refractivity (Wildman–Crippen MR) is 103 cm³/mol. The molecule has 2 unspecified atom stereocenters. The maximum absolute atomic E-state index is 4.80. The van der Waals surface area contributed by atoms with Crippen LogP contribution in [0.2, 0.25) is 0 Å². The van der Waals surface area contributed by atoms with Crippen molar-refractivity contribution in [2.75, 3.05) is 26.2 Å². The van der Waals surface area contributed by atoms with Gasteiger partial charge in [-0.2, -0.15) is 5.10 Å². The summed E-state index contributed by atoms with van der Waals surface area (Å²) in [5.74, 6) is 2.56. The third kappa shape index (κ3) is 5.78. The molecule has 22 heavy (non-hydrogen) atoms. The van der Waals surface area contributed by atoms with Crippen LogP contribution in [0.3, 0.4) is 0 Å². The van der Waals surface area contributed by atoms with Crippen molar-refractivity contribution in [3.63, 3.8) is 0 Å². The zero-order chi connectivity index (χ0) is 15.2. The highest BCUT2D eigenvalue weighted by molar-refractivity contribution is 14.0. The summed E-state index contributed by atoms with van der Waals surface area (Å²) in [6.07, 6.45) is 6.26. The van der Waals surface area contributed by atoms with Crippen LogP contribution in [0.25, 0.3) is 0 Å². The van der Waals surface area contributed by atoms with Crippen molar-refractivity contribution in [3.05, 3.63) is 18.0 Å². The average molecular weight is 419 g/mol. The van der Waals surface area contributed by atoms with Gasteiger partial charge in [-0.3, -0.25) is 9.67 Å². The molecule has 0 aromatic carbocycles. The molecule has 5 nitrogen and oxygen atoms in total. The Hall–Kier alpha value is -0.790. The second-order valence-electron chi connectivity index (χ2n) is 6.36. The van der Waals surface area contributed by atoms with E-state index in [2.05, 4.69) is 42.3 Å². The Morgan fingerprint density at radius 2 is 2.05 bits per heavy atom. The lowest BCUT2D eigenvalue weighted by Crippen LogP contribution is -2.48. The second kappa shape index (κ2) is 9.37. The Bertz CT molecular complexity index is 461. The number of rotatable bonds is 4. The highest BCUT2D eigenvalue weighted by Crippen LogP contribution is 2.20. The van der Waals surface area contributed by atoms with Crippen LogP contribution in [0, 0.1) is 11.8 Å². The number of guanidine groups is 1. The van der Waals surface area contributed by atoms with Crippen LogP contribution in [0.15, 0.2) is 17.4 Å². The van der Waals surface area contributed by atoms with Crippen molar-refractivity contribution in [1.82, 2.24) is 20.0 Å². The summed E-state index contributed by atoms with van der Waals surface area (Å²) in [4.78, 5) is 7.23. The number of nitrogens with zero attached hydrogens (tertiary/aromatic N) is 4. The van der Waals surface area contributed by atoms with Crippen LogP contribution >= 0.6 is 24.0 Å². The summed E-state index contributed by atoms with van der Waals surface area (Å²) >= 11 is 0. The van der Waals surface area contributed by atoms with Gasteiger partial charge in [-0.25, -0.2) is 0 Å². The molecule has 0 radical (unpaired) electrons. The average Bonchev–Trinajstić information content (AvgIpc) is 2.82. The molecular formula is C16H30IN5. The predicted octanol–water partition coefficient (Wildman–Crippen LogP) is 2.52. The molecule has 2 atom stereocenters. The van der Waals surface area contributed by atoms with E-state index in [4.69, 9.17) is 4.99 Å². The molecule has 0 bridgehead atoms. The van der Waals surface area contributed by atoms with Crippen molar-refractivity contribution in [2.24, 2.45) is 23.9 Å². The molecule has 2 heterocycles. The second-order valence-corrected chi connectivity index (χ2v) is 6.36. The third-order valence-corrected chi connectivity index (χ3v) is 3.92. The fourth-order valence-corrected chi connectivity index (χ4v) is 3.15. The number of aliphatic imine (C=N–C) groups is 1. The maximum atomic E-state index is 4.80. The number of halogens is 1. The summed E-state index contributed by atoms with van der Waals surface area (Å²) in [6, 6.07) is 0. The largest absolute Gasteiger partial charge is 0.357 e. The molecule has 6 heteroatoms. The first-order valence-electron chi connectivity index (χ1n) is 8.09. The third-order valence-electron chi connectivity index (χ3n) is 3.92. The van der Waals surface area contributed by atoms with Crippen LogP contribution in [0.1, 0.15) is 32.8 Å². The van der Waals surface area contributed by atoms with E-state index in [-0.39, 0.29) is 24.0 Å². The lowest BCUT2D eigenvalue weighted by Gasteiger charge is -2.37. The van der Waals surface area contributed by atoms with Gasteiger partial charge in [0.25, 0.3) is 0 Å². The Labute approximate surface area is 151 Å². The molecule has 1 aromatic heterocycles. The molecular weight excluding hydrogens is 389 g/mol. The topological polar surface area (TPSA) is 45.5 Å².